The van der Waals surface area contributed by atoms with Gasteiger partial charge in [-0.2, -0.15) is 0 Å². The summed E-state index contributed by atoms with van der Waals surface area (Å²) in [6.45, 7) is 5.07. The number of rotatable bonds is 11. The molecule has 0 bridgehead atoms. The lowest BCUT2D eigenvalue weighted by Gasteiger charge is -2.40. The van der Waals surface area contributed by atoms with E-state index in [2.05, 4.69) is 11.3 Å². The molecule has 2 aromatic carbocycles. The van der Waals surface area contributed by atoms with Crippen molar-refractivity contribution in [3.8, 4) is 11.5 Å². The van der Waals surface area contributed by atoms with Gasteiger partial charge in [-0.3, -0.25) is 4.79 Å². The summed E-state index contributed by atoms with van der Waals surface area (Å²) < 4.78 is 32.0. The highest BCUT2D eigenvalue weighted by Gasteiger charge is 2.46. The number of hydrogen-bond donors (Lipinski definition) is 3. The number of carbonyl (C=O) groups excluding carboxylic acids is 2. The Morgan fingerprint density at radius 3 is 2.58 bits per heavy atom. The van der Waals surface area contributed by atoms with Crippen LogP contribution in [0.4, 0.5) is 4.79 Å². The fraction of sp³-hybridized carbons (Fsp3) is 0.379. The first-order valence-corrected chi connectivity index (χ1v) is 12.7. The number of aliphatic hydroxyl groups is 3. The van der Waals surface area contributed by atoms with Crippen molar-refractivity contribution in [3.05, 3.63) is 72.0 Å². The van der Waals surface area contributed by atoms with E-state index in [4.69, 9.17) is 23.4 Å². The first-order chi connectivity index (χ1) is 19.2. The molecule has 2 heterocycles. The number of ketones is 1. The van der Waals surface area contributed by atoms with Gasteiger partial charge in [0.1, 0.15) is 60.3 Å². The summed E-state index contributed by atoms with van der Waals surface area (Å²) in [5, 5.41) is 32.3. The van der Waals surface area contributed by atoms with Crippen LogP contribution in [0.2, 0.25) is 0 Å². The Balaban J connectivity index is 1.59. The predicted octanol–water partition coefficient (Wildman–Crippen LogP) is 3.09. The van der Waals surface area contributed by atoms with Crippen molar-refractivity contribution in [1.29, 1.82) is 0 Å². The third kappa shape index (κ3) is 6.62. The van der Waals surface area contributed by atoms with Crippen molar-refractivity contribution >= 4 is 22.9 Å². The summed E-state index contributed by atoms with van der Waals surface area (Å²) in [7, 11) is 1.11. The van der Waals surface area contributed by atoms with E-state index in [1.165, 1.54) is 6.08 Å². The normalized spacial score (nSPS) is 22.5. The molecule has 0 unspecified atom stereocenters. The van der Waals surface area contributed by atoms with Gasteiger partial charge in [0, 0.05) is 11.8 Å². The molecule has 3 aromatic rings. The number of Topliss-reactive ketones (excluding diaryl/α,β-unsaturated/α-hetero) is 1. The number of ether oxygens (including phenoxy) is 5. The van der Waals surface area contributed by atoms with Crippen molar-refractivity contribution in [2.24, 2.45) is 0 Å². The molecule has 0 saturated carbocycles. The fourth-order valence-corrected chi connectivity index (χ4v) is 4.39. The lowest BCUT2D eigenvalue weighted by molar-refractivity contribution is -0.277. The molecule has 0 amide bonds. The highest BCUT2D eigenvalue weighted by Crippen LogP contribution is 2.35. The topological polar surface area (TPSA) is 154 Å². The van der Waals surface area contributed by atoms with E-state index < -0.39 is 43.5 Å². The highest BCUT2D eigenvalue weighted by molar-refractivity contribution is 6.01. The summed E-state index contributed by atoms with van der Waals surface area (Å²) in [6, 6.07) is 10.8. The second kappa shape index (κ2) is 13.0. The Hall–Kier alpha value is -3.90. The first-order valence-electron chi connectivity index (χ1n) is 12.7. The quantitative estimate of drug-likeness (QED) is 0.181. The van der Waals surface area contributed by atoms with E-state index in [1.807, 2.05) is 24.3 Å². The number of aryl methyl sites for hydroxylation is 2. The van der Waals surface area contributed by atoms with Gasteiger partial charge in [-0.1, -0.05) is 18.7 Å². The Morgan fingerprint density at radius 1 is 1.05 bits per heavy atom. The van der Waals surface area contributed by atoms with Crippen LogP contribution in [0.15, 0.2) is 59.7 Å². The average Bonchev–Trinajstić information content (AvgIpc) is 3.42. The van der Waals surface area contributed by atoms with Gasteiger partial charge in [0.25, 0.3) is 0 Å². The van der Waals surface area contributed by atoms with Crippen LogP contribution in [0.3, 0.4) is 0 Å². The molecule has 4 rings (SSSR count). The second-order valence-electron chi connectivity index (χ2n) is 9.35. The molecule has 1 aliphatic heterocycles. The van der Waals surface area contributed by atoms with Crippen LogP contribution in [0.5, 0.6) is 11.5 Å². The van der Waals surface area contributed by atoms with Gasteiger partial charge in [-0.05, 0) is 54.8 Å². The monoisotopic (exact) mass is 556 g/mol. The number of fused-ring (bicyclic) bond motifs is 1. The molecule has 5 atom stereocenters. The lowest BCUT2D eigenvalue weighted by atomic mass is 9.98. The molecule has 0 aliphatic carbocycles. The summed E-state index contributed by atoms with van der Waals surface area (Å²) in [5.74, 6) is 0.00841. The van der Waals surface area contributed by atoms with Crippen molar-refractivity contribution in [2.45, 2.75) is 50.5 Å². The van der Waals surface area contributed by atoms with Crippen molar-refractivity contribution < 1.29 is 53.0 Å². The fourth-order valence-electron chi connectivity index (χ4n) is 4.39. The van der Waals surface area contributed by atoms with Gasteiger partial charge >= 0.3 is 6.16 Å². The van der Waals surface area contributed by atoms with Crippen LogP contribution >= 0.6 is 0 Å². The minimum Gasteiger partial charge on any atom is -0.489 e. The second-order valence-corrected chi connectivity index (χ2v) is 9.35. The maximum Gasteiger partial charge on any atom is 0.508 e. The number of furan rings is 1. The van der Waals surface area contributed by atoms with Crippen LogP contribution in [-0.2, 0) is 20.6 Å². The van der Waals surface area contributed by atoms with Gasteiger partial charge in [-0.15, -0.1) is 0 Å². The predicted molar refractivity (Wildman–Crippen MR) is 141 cm³/mol. The molecule has 1 aromatic heterocycles. The van der Waals surface area contributed by atoms with Gasteiger partial charge in [0.2, 0.25) is 6.29 Å². The Bertz CT molecular complexity index is 1350. The van der Waals surface area contributed by atoms with E-state index >= 15 is 0 Å². The number of benzene rings is 2. The van der Waals surface area contributed by atoms with Crippen molar-refractivity contribution in [2.75, 3.05) is 20.3 Å². The highest BCUT2D eigenvalue weighted by atomic mass is 16.7. The van der Waals surface area contributed by atoms with Gasteiger partial charge in [0.05, 0.1) is 13.4 Å². The first kappa shape index (κ1) is 29.1. The van der Waals surface area contributed by atoms with Gasteiger partial charge in [0.15, 0.2) is 5.78 Å². The molecule has 3 N–H and O–H groups in total. The summed E-state index contributed by atoms with van der Waals surface area (Å²) in [4.78, 5) is 25.0. The van der Waals surface area contributed by atoms with E-state index in [-0.39, 0.29) is 35.9 Å². The molecular weight excluding hydrogens is 524 g/mol. The Labute approximate surface area is 230 Å². The zero-order valence-corrected chi connectivity index (χ0v) is 22.1. The molecule has 0 spiro atoms. The number of methoxy groups -OCH3 is 1. The average molecular weight is 557 g/mol. The van der Waals surface area contributed by atoms with E-state index in [9.17, 15) is 24.9 Å². The largest absolute Gasteiger partial charge is 0.508 e. The third-order valence-electron chi connectivity index (χ3n) is 6.45. The molecule has 1 saturated heterocycles. The smallest absolute Gasteiger partial charge is 0.489 e. The molecule has 214 valence electrons. The zero-order valence-electron chi connectivity index (χ0n) is 22.1. The third-order valence-corrected chi connectivity index (χ3v) is 6.45. The van der Waals surface area contributed by atoms with E-state index in [1.54, 1.807) is 25.3 Å². The number of aliphatic hydroxyl groups excluding tert-OH is 3. The van der Waals surface area contributed by atoms with Crippen molar-refractivity contribution in [3.63, 3.8) is 0 Å². The van der Waals surface area contributed by atoms with Gasteiger partial charge < -0.3 is 43.4 Å². The Kier molecular flexibility index (Phi) is 9.43. The molecule has 40 heavy (non-hydrogen) atoms. The van der Waals surface area contributed by atoms with E-state index in [0.29, 0.717) is 12.0 Å². The Morgan fingerprint density at radius 2 is 1.82 bits per heavy atom. The molecule has 11 nitrogen and oxygen atoms in total. The van der Waals surface area contributed by atoms with Crippen LogP contribution in [0.1, 0.15) is 27.9 Å². The van der Waals surface area contributed by atoms with Crippen LogP contribution < -0.4 is 9.47 Å². The number of hydrogen-bond acceptors (Lipinski definition) is 11. The minimum atomic E-state index is -1.69. The SMILES string of the molecule is C=CCOc1cc(C)cc(O[C@@H]2O[C@H](COC(=O)OC)[C@@H](O)[C@H](O)[C@H]2O)c1C(=O)CCc1ccc2occc2c1. The van der Waals surface area contributed by atoms with Crippen LogP contribution in [0, 0.1) is 6.92 Å². The lowest BCUT2D eigenvalue weighted by Crippen LogP contribution is -2.60. The van der Waals surface area contributed by atoms with Crippen LogP contribution in [-0.4, -0.2) is 78.3 Å². The zero-order chi connectivity index (χ0) is 28.8. The van der Waals surface area contributed by atoms with Crippen molar-refractivity contribution in [1.82, 2.24) is 0 Å². The maximum absolute atomic E-state index is 13.6. The van der Waals surface area contributed by atoms with E-state index in [0.717, 1.165) is 23.6 Å². The summed E-state index contributed by atoms with van der Waals surface area (Å²) >= 11 is 0. The molecular formula is C29H32O11. The van der Waals surface area contributed by atoms with Gasteiger partial charge in [-0.25, -0.2) is 4.79 Å². The summed E-state index contributed by atoms with van der Waals surface area (Å²) in [5.41, 5.74) is 2.49. The molecule has 11 heteroatoms. The number of carbonyl (C=O) groups is 2. The molecule has 1 fully saturated rings. The van der Waals surface area contributed by atoms with Crippen LogP contribution in [0.25, 0.3) is 11.0 Å². The standard InChI is InChI=1S/C29H32O11/c1-4-10-36-21-12-16(2)13-22(24(21)19(30)7-5-17-6-8-20-18(14-17)9-11-37-20)39-28-27(33)26(32)25(31)23(40-28)15-38-29(34)35-3/h4,6,8-9,11-14,23,25-28,31-33H,1,5,7,10,15H2,2-3H3/t23-,25-,26+,27-,28-/m1/s1. The summed E-state index contributed by atoms with van der Waals surface area (Å²) in [6.07, 6.45) is -5.08. The maximum atomic E-state index is 13.6. The molecule has 1 aliphatic rings. The molecule has 0 radical (unpaired) electrons. The minimum absolute atomic E-state index is 0.0506.